The van der Waals surface area contributed by atoms with Gasteiger partial charge in [-0.3, -0.25) is 4.72 Å². The van der Waals surface area contributed by atoms with Crippen LogP contribution in [0.2, 0.25) is 0 Å². The van der Waals surface area contributed by atoms with Crippen LogP contribution in [0.5, 0.6) is 0 Å². The first-order valence-electron chi connectivity index (χ1n) is 11.7. The van der Waals surface area contributed by atoms with Crippen molar-refractivity contribution in [2.45, 2.75) is 51.3 Å². The molecule has 9 nitrogen and oxygen atoms in total. The molecule has 37 heavy (non-hydrogen) atoms. The summed E-state index contributed by atoms with van der Waals surface area (Å²) in [5.41, 5.74) is 2.52. The van der Waals surface area contributed by atoms with Gasteiger partial charge >= 0.3 is 6.09 Å². The number of aryl methyl sites for hydroxylation is 1. The van der Waals surface area contributed by atoms with Gasteiger partial charge in [-0.05, 0) is 63.4 Å². The molecule has 3 aromatic rings. The number of alkyl carbamates (subject to hydrolysis) is 1. The lowest BCUT2D eigenvalue weighted by molar-refractivity contribution is 0.0518. The van der Waals surface area contributed by atoms with Crippen molar-refractivity contribution >= 4 is 21.9 Å². The number of carbonyl (C=O) groups is 1. The molecule has 2 N–H and O–H groups in total. The highest BCUT2D eigenvalue weighted by Gasteiger charge is 2.19. The summed E-state index contributed by atoms with van der Waals surface area (Å²) < 4.78 is 52.1. The van der Waals surface area contributed by atoms with E-state index in [-0.39, 0.29) is 5.82 Å². The summed E-state index contributed by atoms with van der Waals surface area (Å²) in [6.45, 7) is 8.40. The monoisotopic (exact) mass is 530 g/mol. The zero-order valence-corrected chi connectivity index (χ0v) is 22.1. The number of carbonyl (C=O) groups excluding carboxylic acids is 1. The van der Waals surface area contributed by atoms with Crippen molar-refractivity contribution in [1.82, 2.24) is 15.3 Å². The molecular formula is C26H31FN4O5S. The van der Waals surface area contributed by atoms with Crippen molar-refractivity contribution in [1.29, 1.82) is 0 Å². The molecule has 0 atom stereocenters. The van der Waals surface area contributed by atoms with Crippen molar-refractivity contribution in [2.24, 2.45) is 0 Å². The molecule has 0 aliphatic carbocycles. The molecule has 198 valence electrons. The first kappa shape index (κ1) is 28.0. The maximum atomic E-state index is 13.4. The molecule has 0 unspecified atom stereocenters. The number of aromatic nitrogens is 2. The zero-order valence-electron chi connectivity index (χ0n) is 21.2. The molecular weight excluding hydrogens is 499 g/mol. The number of nitrogens with zero attached hydrogens (tertiary/aromatic N) is 2. The van der Waals surface area contributed by atoms with Crippen molar-refractivity contribution in [3.63, 3.8) is 0 Å². The van der Waals surface area contributed by atoms with Gasteiger partial charge in [0.25, 0.3) is 10.0 Å². The van der Waals surface area contributed by atoms with Crippen LogP contribution in [0, 0.1) is 12.9 Å². The minimum Gasteiger partial charge on any atom is -0.444 e. The van der Waals surface area contributed by atoms with Gasteiger partial charge in [-0.25, -0.2) is 14.8 Å². The van der Waals surface area contributed by atoms with E-state index in [0.29, 0.717) is 31.9 Å². The number of benzene rings is 1. The Morgan fingerprint density at radius 1 is 1.03 bits per heavy atom. The Balaban J connectivity index is 1.65. The van der Waals surface area contributed by atoms with E-state index in [1.807, 2.05) is 31.2 Å². The molecule has 0 bridgehead atoms. The molecule has 1 amide bonds. The fourth-order valence-corrected chi connectivity index (χ4v) is 4.28. The summed E-state index contributed by atoms with van der Waals surface area (Å²) in [4.78, 5) is 19.7. The average molecular weight is 531 g/mol. The van der Waals surface area contributed by atoms with Crippen LogP contribution in [0.1, 0.15) is 38.3 Å². The summed E-state index contributed by atoms with van der Waals surface area (Å²) in [5, 5.41) is 2.25. The number of anilines is 1. The van der Waals surface area contributed by atoms with Crippen LogP contribution in [0.25, 0.3) is 11.3 Å². The largest absolute Gasteiger partial charge is 0.444 e. The number of sulfonamides is 1. The zero-order chi connectivity index (χ0) is 27.1. The molecule has 11 heteroatoms. The first-order valence-corrected chi connectivity index (χ1v) is 13.2. The van der Waals surface area contributed by atoms with Gasteiger partial charge in [0.05, 0.1) is 12.3 Å². The van der Waals surface area contributed by atoms with E-state index in [2.05, 4.69) is 20.0 Å². The number of rotatable bonds is 10. The molecule has 0 aliphatic rings. The molecule has 1 aromatic carbocycles. The standard InChI is InChI=1S/C26H31FN4O5S/c1-18-13-14-22(31-37(33,34)23-12-7-11-21(27)29-23)30-24(18)20-10-6-5-9-19(20)17-35-16-8-15-28-25(32)36-26(2,3)4/h5-7,9-14H,8,15-17H2,1-4H3,(H,28,32)(H,30,31). The number of halogens is 1. The van der Waals surface area contributed by atoms with E-state index in [0.717, 1.165) is 22.8 Å². The van der Waals surface area contributed by atoms with Gasteiger partial charge in [-0.2, -0.15) is 12.8 Å². The summed E-state index contributed by atoms with van der Waals surface area (Å²) in [5.74, 6) is -0.814. The van der Waals surface area contributed by atoms with Crippen LogP contribution in [0.3, 0.4) is 0 Å². The Morgan fingerprint density at radius 3 is 2.51 bits per heavy atom. The molecule has 0 saturated heterocycles. The van der Waals surface area contributed by atoms with Gasteiger partial charge in [0.2, 0.25) is 5.95 Å². The predicted octanol–water partition coefficient (Wildman–Crippen LogP) is 4.82. The van der Waals surface area contributed by atoms with Crippen molar-refractivity contribution < 1.29 is 27.1 Å². The van der Waals surface area contributed by atoms with Gasteiger partial charge in [0.1, 0.15) is 11.4 Å². The SMILES string of the molecule is Cc1ccc(NS(=O)(=O)c2cccc(F)n2)nc1-c1ccccc1COCCCNC(=O)OC(C)(C)C. The predicted molar refractivity (Wildman–Crippen MR) is 138 cm³/mol. The molecule has 0 aliphatic heterocycles. The van der Waals surface area contributed by atoms with E-state index >= 15 is 0 Å². The Kier molecular flexibility index (Phi) is 9.17. The number of amides is 1. The van der Waals surface area contributed by atoms with Gasteiger partial charge in [0, 0.05) is 18.7 Å². The van der Waals surface area contributed by atoms with E-state index in [1.54, 1.807) is 26.8 Å². The van der Waals surface area contributed by atoms with Crippen molar-refractivity contribution in [3.8, 4) is 11.3 Å². The molecule has 3 rings (SSSR count). The van der Waals surface area contributed by atoms with Crippen LogP contribution in [-0.4, -0.2) is 43.2 Å². The van der Waals surface area contributed by atoms with E-state index in [1.165, 1.54) is 18.2 Å². The number of hydrogen-bond donors (Lipinski definition) is 2. The third-order valence-electron chi connectivity index (χ3n) is 4.96. The first-order chi connectivity index (χ1) is 17.4. The van der Waals surface area contributed by atoms with Gasteiger partial charge in [0.15, 0.2) is 5.03 Å². The molecule has 0 fully saturated rings. The quantitative estimate of drug-likeness (QED) is 0.285. The van der Waals surface area contributed by atoms with Crippen LogP contribution in [0.15, 0.2) is 59.6 Å². The highest BCUT2D eigenvalue weighted by Crippen LogP contribution is 2.28. The van der Waals surface area contributed by atoms with E-state index in [9.17, 15) is 17.6 Å². The maximum Gasteiger partial charge on any atom is 0.407 e. The lowest BCUT2D eigenvalue weighted by atomic mass is 10.0. The molecule has 0 saturated carbocycles. The average Bonchev–Trinajstić information content (AvgIpc) is 2.81. The van der Waals surface area contributed by atoms with Gasteiger partial charge in [-0.1, -0.05) is 36.4 Å². The molecule has 0 radical (unpaired) electrons. The van der Waals surface area contributed by atoms with E-state index < -0.39 is 32.7 Å². The van der Waals surface area contributed by atoms with Gasteiger partial charge in [-0.15, -0.1) is 0 Å². The third-order valence-corrected chi connectivity index (χ3v) is 6.22. The molecule has 2 aromatic heterocycles. The lowest BCUT2D eigenvalue weighted by Gasteiger charge is -2.19. The number of nitrogens with one attached hydrogen (secondary N) is 2. The minimum atomic E-state index is -4.12. The smallest absolute Gasteiger partial charge is 0.407 e. The maximum absolute atomic E-state index is 13.4. The van der Waals surface area contributed by atoms with E-state index in [4.69, 9.17) is 9.47 Å². The molecule has 0 spiro atoms. The summed E-state index contributed by atoms with van der Waals surface area (Å²) >= 11 is 0. The van der Waals surface area contributed by atoms with Crippen LogP contribution in [0.4, 0.5) is 15.0 Å². The fourth-order valence-electron chi connectivity index (χ4n) is 3.33. The van der Waals surface area contributed by atoms with Crippen molar-refractivity contribution in [3.05, 3.63) is 71.7 Å². The summed E-state index contributed by atoms with van der Waals surface area (Å²) in [7, 11) is -4.12. The third kappa shape index (κ3) is 8.50. The number of ether oxygens (including phenoxy) is 2. The minimum absolute atomic E-state index is 0.0793. The van der Waals surface area contributed by atoms with Crippen molar-refractivity contribution in [2.75, 3.05) is 17.9 Å². The van der Waals surface area contributed by atoms with Crippen LogP contribution < -0.4 is 10.0 Å². The lowest BCUT2D eigenvalue weighted by Crippen LogP contribution is -2.33. The number of pyridine rings is 2. The molecule has 2 heterocycles. The van der Waals surface area contributed by atoms with Crippen LogP contribution in [-0.2, 0) is 26.1 Å². The Morgan fingerprint density at radius 2 is 1.78 bits per heavy atom. The normalized spacial score (nSPS) is 11.7. The summed E-state index contributed by atoms with van der Waals surface area (Å²) in [6, 6.07) is 14.4. The Hall–Kier alpha value is -3.57. The highest BCUT2D eigenvalue weighted by molar-refractivity contribution is 7.92. The topological polar surface area (TPSA) is 120 Å². The Bertz CT molecular complexity index is 1340. The second kappa shape index (κ2) is 12.1. The fraction of sp³-hybridized carbons (Fsp3) is 0.346. The number of hydrogen-bond acceptors (Lipinski definition) is 7. The second-order valence-electron chi connectivity index (χ2n) is 9.26. The highest BCUT2D eigenvalue weighted by atomic mass is 32.2. The Labute approximate surface area is 216 Å². The van der Waals surface area contributed by atoms with Gasteiger partial charge < -0.3 is 14.8 Å². The van der Waals surface area contributed by atoms with Crippen LogP contribution >= 0.6 is 0 Å². The second-order valence-corrected chi connectivity index (χ2v) is 10.9. The summed E-state index contributed by atoms with van der Waals surface area (Å²) in [6.07, 6.45) is 0.132.